The lowest BCUT2D eigenvalue weighted by Crippen LogP contribution is -2.17. The largest absolute Gasteiger partial charge is 0.486 e. The first-order valence-electron chi connectivity index (χ1n) is 6.08. The van der Waals surface area contributed by atoms with Gasteiger partial charge in [0.2, 0.25) is 0 Å². The van der Waals surface area contributed by atoms with Gasteiger partial charge < -0.3 is 9.47 Å². The van der Waals surface area contributed by atoms with Gasteiger partial charge in [-0.1, -0.05) is 0 Å². The second-order valence-electron chi connectivity index (χ2n) is 4.30. The van der Waals surface area contributed by atoms with Gasteiger partial charge in [0.1, 0.15) is 19.0 Å². The lowest BCUT2D eigenvalue weighted by atomic mass is 10.3. The summed E-state index contributed by atoms with van der Waals surface area (Å²) in [6, 6.07) is 5.32. The topological polar surface area (TPSA) is 77.5 Å². The van der Waals surface area contributed by atoms with E-state index in [1.165, 1.54) is 24.4 Å². The molecule has 1 aromatic heterocycles. The molecule has 0 fully saturated rings. The van der Waals surface area contributed by atoms with Crippen LogP contribution in [0.5, 0.6) is 11.5 Å². The first-order chi connectivity index (χ1) is 10.0. The van der Waals surface area contributed by atoms with E-state index in [2.05, 4.69) is 9.71 Å². The van der Waals surface area contributed by atoms with Crippen LogP contribution in [0.4, 0.5) is 10.1 Å². The number of hydrogen-bond acceptors (Lipinski definition) is 5. The van der Waals surface area contributed by atoms with Crippen molar-refractivity contribution in [2.75, 3.05) is 17.9 Å². The molecule has 1 aliphatic heterocycles. The van der Waals surface area contributed by atoms with Gasteiger partial charge in [-0.3, -0.25) is 9.71 Å². The van der Waals surface area contributed by atoms with Crippen molar-refractivity contribution in [1.29, 1.82) is 0 Å². The standard InChI is InChI=1S/C13H11FN2O4S/c14-9-5-10(8-15-7-9)16-21(17,18)11-1-2-12-13(6-11)20-4-3-19-12/h1-2,5-8,16H,3-4H2. The second-order valence-corrected chi connectivity index (χ2v) is 5.99. The molecule has 0 spiro atoms. The Bertz CT molecular complexity index is 779. The van der Waals surface area contributed by atoms with E-state index in [1.54, 1.807) is 0 Å². The summed E-state index contributed by atoms with van der Waals surface area (Å²) in [6.07, 6.45) is 2.21. The van der Waals surface area contributed by atoms with Gasteiger partial charge in [-0.25, -0.2) is 12.8 Å². The maximum atomic E-state index is 13.0. The van der Waals surface area contributed by atoms with Crippen LogP contribution in [0.3, 0.4) is 0 Å². The SMILES string of the molecule is O=S(=O)(Nc1cncc(F)c1)c1ccc2c(c1)OCCO2. The highest BCUT2D eigenvalue weighted by molar-refractivity contribution is 7.92. The highest BCUT2D eigenvalue weighted by Gasteiger charge is 2.19. The maximum absolute atomic E-state index is 13.0. The van der Waals surface area contributed by atoms with Gasteiger partial charge in [-0.05, 0) is 12.1 Å². The van der Waals surface area contributed by atoms with E-state index in [4.69, 9.17) is 9.47 Å². The first-order valence-corrected chi connectivity index (χ1v) is 7.56. The van der Waals surface area contributed by atoms with Crippen LogP contribution in [-0.2, 0) is 10.0 Å². The number of anilines is 1. The third-order valence-corrected chi connectivity index (χ3v) is 4.16. The van der Waals surface area contributed by atoms with E-state index in [0.29, 0.717) is 24.7 Å². The molecule has 6 nitrogen and oxygen atoms in total. The van der Waals surface area contributed by atoms with E-state index in [0.717, 1.165) is 12.3 Å². The minimum atomic E-state index is -3.86. The molecule has 3 rings (SSSR count). The fraction of sp³-hybridized carbons (Fsp3) is 0.154. The summed E-state index contributed by atoms with van der Waals surface area (Å²) in [7, 11) is -3.86. The lowest BCUT2D eigenvalue weighted by molar-refractivity contribution is 0.171. The predicted molar refractivity (Wildman–Crippen MR) is 72.4 cm³/mol. The van der Waals surface area contributed by atoms with E-state index >= 15 is 0 Å². The summed E-state index contributed by atoms with van der Waals surface area (Å²) in [5, 5.41) is 0. The summed E-state index contributed by atoms with van der Waals surface area (Å²) in [4.78, 5) is 3.58. The summed E-state index contributed by atoms with van der Waals surface area (Å²) in [6.45, 7) is 0.782. The number of halogens is 1. The zero-order valence-electron chi connectivity index (χ0n) is 10.7. The van der Waals surface area contributed by atoms with Gasteiger partial charge in [0.15, 0.2) is 11.5 Å². The molecule has 1 N–H and O–H groups in total. The number of nitrogens with one attached hydrogen (secondary N) is 1. The van der Waals surface area contributed by atoms with Crippen molar-refractivity contribution in [2.45, 2.75) is 4.90 Å². The van der Waals surface area contributed by atoms with Crippen molar-refractivity contribution in [2.24, 2.45) is 0 Å². The molecule has 0 bridgehead atoms. The molecule has 0 saturated heterocycles. The molecule has 21 heavy (non-hydrogen) atoms. The summed E-state index contributed by atoms with van der Waals surface area (Å²) in [5.74, 6) is 0.228. The normalized spacial score (nSPS) is 13.8. The number of sulfonamides is 1. The third kappa shape index (κ3) is 2.89. The molecule has 0 unspecified atom stereocenters. The number of pyridine rings is 1. The van der Waals surface area contributed by atoms with Crippen LogP contribution in [0.2, 0.25) is 0 Å². The second kappa shape index (κ2) is 5.21. The molecule has 2 aromatic rings. The van der Waals surface area contributed by atoms with Crippen LogP contribution in [0, 0.1) is 5.82 Å². The molecule has 0 aliphatic carbocycles. The van der Waals surface area contributed by atoms with Gasteiger partial charge >= 0.3 is 0 Å². The zero-order chi connectivity index (χ0) is 14.9. The van der Waals surface area contributed by atoms with Crippen molar-refractivity contribution in [3.05, 3.63) is 42.5 Å². The van der Waals surface area contributed by atoms with Crippen LogP contribution in [-0.4, -0.2) is 26.6 Å². The Labute approximate surface area is 120 Å². The smallest absolute Gasteiger partial charge is 0.262 e. The van der Waals surface area contributed by atoms with Crippen molar-refractivity contribution in [3.63, 3.8) is 0 Å². The molecule has 0 saturated carbocycles. The Morgan fingerprint density at radius 2 is 1.86 bits per heavy atom. The maximum Gasteiger partial charge on any atom is 0.262 e. The van der Waals surface area contributed by atoms with Crippen molar-refractivity contribution in [3.8, 4) is 11.5 Å². The third-order valence-electron chi connectivity index (χ3n) is 2.78. The summed E-state index contributed by atoms with van der Waals surface area (Å²) >= 11 is 0. The number of aromatic nitrogens is 1. The van der Waals surface area contributed by atoms with E-state index in [9.17, 15) is 12.8 Å². The Kier molecular flexibility index (Phi) is 3.38. The summed E-state index contributed by atoms with van der Waals surface area (Å²) < 4.78 is 50.4. The molecule has 0 amide bonds. The average molecular weight is 310 g/mol. The van der Waals surface area contributed by atoms with Gasteiger partial charge in [-0.15, -0.1) is 0 Å². The van der Waals surface area contributed by atoms with Gasteiger partial charge in [0.05, 0.1) is 23.0 Å². The minimum Gasteiger partial charge on any atom is -0.486 e. The van der Waals surface area contributed by atoms with Crippen molar-refractivity contribution >= 4 is 15.7 Å². The Morgan fingerprint density at radius 3 is 2.62 bits per heavy atom. The Morgan fingerprint density at radius 1 is 1.10 bits per heavy atom. The highest BCUT2D eigenvalue weighted by Crippen LogP contribution is 2.32. The van der Waals surface area contributed by atoms with Gasteiger partial charge in [0.25, 0.3) is 10.0 Å². The first kappa shape index (κ1) is 13.6. The van der Waals surface area contributed by atoms with Crippen LogP contribution in [0.15, 0.2) is 41.6 Å². The van der Waals surface area contributed by atoms with Crippen molar-refractivity contribution in [1.82, 2.24) is 4.98 Å². The van der Waals surface area contributed by atoms with Crippen LogP contribution in [0.25, 0.3) is 0 Å². The lowest BCUT2D eigenvalue weighted by Gasteiger charge is -2.19. The predicted octanol–water partition coefficient (Wildman–Crippen LogP) is 1.79. The van der Waals surface area contributed by atoms with E-state index in [1.807, 2.05) is 0 Å². The minimum absolute atomic E-state index is 0.00369. The number of ether oxygens (including phenoxy) is 2. The molecule has 8 heteroatoms. The Hall–Kier alpha value is -2.35. The summed E-state index contributed by atoms with van der Waals surface area (Å²) in [5.41, 5.74) is 0.0462. The molecule has 110 valence electrons. The fourth-order valence-electron chi connectivity index (χ4n) is 1.87. The van der Waals surface area contributed by atoms with Crippen molar-refractivity contribution < 1.29 is 22.3 Å². The Balaban J connectivity index is 1.91. The number of hydrogen-bond donors (Lipinski definition) is 1. The molecular weight excluding hydrogens is 299 g/mol. The monoisotopic (exact) mass is 310 g/mol. The van der Waals surface area contributed by atoms with E-state index in [-0.39, 0.29) is 10.6 Å². The van der Waals surface area contributed by atoms with Crippen LogP contribution < -0.4 is 14.2 Å². The highest BCUT2D eigenvalue weighted by atomic mass is 32.2. The van der Waals surface area contributed by atoms with Gasteiger partial charge in [0, 0.05) is 12.1 Å². The molecule has 1 aromatic carbocycles. The van der Waals surface area contributed by atoms with Gasteiger partial charge in [-0.2, -0.15) is 0 Å². The number of rotatable bonds is 3. The number of nitrogens with zero attached hydrogens (tertiary/aromatic N) is 1. The fourth-order valence-corrected chi connectivity index (χ4v) is 2.92. The molecular formula is C13H11FN2O4S. The molecule has 0 atom stereocenters. The zero-order valence-corrected chi connectivity index (χ0v) is 11.6. The average Bonchev–Trinajstić information content (AvgIpc) is 2.46. The molecule has 2 heterocycles. The van der Waals surface area contributed by atoms with E-state index < -0.39 is 15.8 Å². The quantitative estimate of drug-likeness (QED) is 0.935. The number of fused-ring (bicyclic) bond motifs is 1. The van der Waals surface area contributed by atoms with Crippen LogP contribution in [0.1, 0.15) is 0 Å². The molecule has 0 radical (unpaired) electrons. The molecule has 1 aliphatic rings. The van der Waals surface area contributed by atoms with Crippen LogP contribution >= 0.6 is 0 Å². The number of benzene rings is 1.